The van der Waals surface area contributed by atoms with Gasteiger partial charge in [0, 0.05) is 6.54 Å². The molecular formula is C12H12N2O2. The van der Waals surface area contributed by atoms with Crippen molar-refractivity contribution in [2.24, 2.45) is 0 Å². The van der Waals surface area contributed by atoms with Crippen LogP contribution in [0.3, 0.4) is 0 Å². The Bertz CT molecular complexity index is 451. The van der Waals surface area contributed by atoms with Crippen molar-refractivity contribution in [1.29, 1.82) is 5.26 Å². The van der Waals surface area contributed by atoms with Crippen LogP contribution in [0, 0.1) is 11.3 Å². The zero-order valence-electron chi connectivity index (χ0n) is 9.01. The van der Waals surface area contributed by atoms with E-state index in [0.29, 0.717) is 6.54 Å². The van der Waals surface area contributed by atoms with Gasteiger partial charge in [0.15, 0.2) is 0 Å². The molecule has 0 bridgehead atoms. The molecule has 1 heterocycles. The summed E-state index contributed by atoms with van der Waals surface area (Å²) in [7, 11) is 1.33. The fourth-order valence-corrected chi connectivity index (χ4v) is 2.02. The Balaban J connectivity index is 2.38. The molecule has 1 aliphatic rings. The quantitative estimate of drug-likeness (QED) is 0.665. The minimum Gasteiger partial charge on any atom is -0.453 e. The Morgan fingerprint density at radius 3 is 3.00 bits per heavy atom. The summed E-state index contributed by atoms with van der Waals surface area (Å²) >= 11 is 0. The molecule has 0 aliphatic carbocycles. The van der Waals surface area contributed by atoms with E-state index in [9.17, 15) is 4.79 Å². The fourth-order valence-electron chi connectivity index (χ4n) is 2.02. The van der Waals surface area contributed by atoms with Gasteiger partial charge in [-0.15, -0.1) is 0 Å². The molecule has 0 radical (unpaired) electrons. The summed E-state index contributed by atoms with van der Waals surface area (Å²) in [6.07, 6.45) is 0.324. The van der Waals surface area contributed by atoms with Gasteiger partial charge in [-0.3, -0.25) is 4.90 Å². The summed E-state index contributed by atoms with van der Waals surface area (Å²) in [5.41, 5.74) is 2.04. The van der Waals surface area contributed by atoms with E-state index >= 15 is 0 Å². The number of nitriles is 1. The molecule has 0 unspecified atom stereocenters. The monoisotopic (exact) mass is 216 g/mol. The Kier molecular flexibility index (Phi) is 2.78. The highest BCUT2D eigenvalue weighted by atomic mass is 16.5. The van der Waals surface area contributed by atoms with Crippen LogP contribution in [0.5, 0.6) is 0 Å². The summed E-state index contributed by atoms with van der Waals surface area (Å²) in [6.45, 7) is 0.530. The molecule has 4 heteroatoms. The Morgan fingerprint density at radius 1 is 1.56 bits per heavy atom. The zero-order valence-corrected chi connectivity index (χ0v) is 9.01. The first-order valence-electron chi connectivity index (χ1n) is 5.10. The van der Waals surface area contributed by atoms with Crippen LogP contribution in [-0.2, 0) is 11.2 Å². The molecule has 1 aliphatic heterocycles. The second-order valence-corrected chi connectivity index (χ2v) is 3.64. The number of ether oxygens (including phenoxy) is 1. The number of rotatable bonds is 0. The van der Waals surface area contributed by atoms with Crippen LogP contribution >= 0.6 is 0 Å². The predicted octanol–water partition coefficient (Wildman–Crippen LogP) is 1.88. The molecule has 1 aromatic carbocycles. The van der Waals surface area contributed by atoms with E-state index in [1.54, 1.807) is 0 Å². The predicted molar refractivity (Wildman–Crippen MR) is 57.6 cm³/mol. The van der Waals surface area contributed by atoms with Crippen molar-refractivity contribution >= 4 is 6.09 Å². The van der Waals surface area contributed by atoms with Gasteiger partial charge in [-0.25, -0.2) is 4.79 Å². The average molecular weight is 216 g/mol. The second-order valence-electron chi connectivity index (χ2n) is 3.64. The van der Waals surface area contributed by atoms with Gasteiger partial charge in [-0.05, 0) is 17.5 Å². The second kappa shape index (κ2) is 4.23. The molecule has 2 rings (SSSR count). The zero-order chi connectivity index (χ0) is 11.5. The smallest absolute Gasteiger partial charge is 0.410 e. The van der Waals surface area contributed by atoms with Crippen LogP contribution < -0.4 is 0 Å². The highest BCUT2D eigenvalue weighted by Crippen LogP contribution is 2.29. The molecule has 0 saturated heterocycles. The van der Waals surface area contributed by atoms with E-state index in [1.165, 1.54) is 12.0 Å². The third-order valence-corrected chi connectivity index (χ3v) is 2.81. The van der Waals surface area contributed by atoms with Gasteiger partial charge < -0.3 is 4.74 Å². The normalized spacial score (nSPS) is 18.5. The van der Waals surface area contributed by atoms with Gasteiger partial charge >= 0.3 is 6.09 Å². The molecule has 0 aromatic heterocycles. The molecule has 1 amide bonds. The van der Waals surface area contributed by atoms with E-state index in [1.807, 2.05) is 24.3 Å². The van der Waals surface area contributed by atoms with Crippen LogP contribution in [0.4, 0.5) is 4.79 Å². The van der Waals surface area contributed by atoms with Crippen molar-refractivity contribution in [3.8, 4) is 6.07 Å². The Hall–Kier alpha value is -2.02. The number of carbonyl (C=O) groups is 1. The third kappa shape index (κ3) is 1.61. The van der Waals surface area contributed by atoms with E-state index < -0.39 is 12.1 Å². The first-order valence-corrected chi connectivity index (χ1v) is 5.10. The lowest BCUT2D eigenvalue weighted by atomic mass is 9.94. The number of amides is 1. The highest BCUT2D eigenvalue weighted by Gasteiger charge is 2.30. The number of hydrogen-bond donors (Lipinski definition) is 0. The number of benzene rings is 1. The van der Waals surface area contributed by atoms with E-state index in [-0.39, 0.29) is 0 Å². The number of methoxy groups -OCH3 is 1. The van der Waals surface area contributed by atoms with Gasteiger partial charge in [-0.1, -0.05) is 24.3 Å². The van der Waals surface area contributed by atoms with Crippen LogP contribution in [0.15, 0.2) is 24.3 Å². The number of carbonyl (C=O) groups excluding carboxylic acids is 1. The molecule has 82 valence electrons. The number of hydrogen-bond acceptors (Lipinski definition) is 3. The topological polar surface area (TPSA) is 53.3 Å². The van der Waals surface area contributed by atoms with Crippen LogP contribution in [0.2, 0.25) is 0 Å². The van der Waals surface area contributed by atoms with Crippen LogP contribution in [0.25, 0.3) is 0 Å². The summed E-state index contributed by atoms with van der Waals surface area (Å²) in [6, 6.07) is 9.33. The lowest BCUT2D eigenvalue weighted by Gasteiger charge is -2.31. The van der Waals surface area contributed by atoms with Crippen LogP contribution in [-0.4, -0.2) is 24.6 Å². The number of fused-ring (bicyclic) bond motifs is 1. The van der Waals surface area contributed by atoms with Crippen molar-refractivity contribution in [2.75, 3.05) is 13.7 Å². The third-order valence-electron chi connectivity index (χ3n) is 2.81. The van der Waals surface area contributed by atoms with Gasteiger partial charge in [-0.2, -0.15) is 5.26 Å². The first-order chi connectivity index (χ1) is 7.77. The average Bonchev–Trinajstić information content (AvgIpc) is 2.36. The van der Waals surface area contributed by atoms with E-state index in [2.05, 4.69) is 10.8 Å². The van der Waals surface area contributed by atoms with E-state index in [4.69, 9.17) is 5.26 Å². The lowest BCUT2D eigenvalue weighted by Crippen LogP contribution is -2.39. The fraction of sp³-hybridized carbons (Fsp3) is 0.333. The van der Waals surface area contributed by atoms with Gasteiger partial charge in [0.25, 0.3) is 0 Å². The summed E-state index contributed by atoms with van der Waals surface area (Å²) in [4.78, 5) is 13.0. The Labute approximate surface area is 94.0 Å². The maximum atomic E-state index is 11.5. The van der Waals surface area contributed by atoms with Crippen molar-refractivity contribution in [2.45, 2.75) is 12.5 Å². The first kappa shape index (κ1) is 10.5. The molecule has 4 nitrogen and oxygen atoms in total. The molecule has 0 spiro atoms. The van der Waals surface area contributed by atoms with Gasteiger partial charge in [0.1, 0.15) is 6.04 Å². The highest BCUT2D eigenvalue weighted by molar-refractivity contribution is 5.69. The Morgan fingerprint density at radius 2 is 2.31 bits per heavy atom. The minimum atomic E-state index is -0.530. The largest absolute Gasteiger partial charge is 0.453 e. The van der Waals surface area contributed by atoms with Gasteiger partial charge in [0.2, 0.25) is 0 Å². The van der Waals surface area contributed by atoms with Crippen LogP contribution in [0.1, 0.15) is 17.2 Å². The molecule has 1 atom stereocenters. The summed E-state index contributed by atoms with van der Waals surface area (Å²) in [5.74, 6) is 0. The standard InChI is InChI=1S/C12H12N2O2/c1-16-12(15)14-7-6-9-4-2-3-5-10(9)11(14)8-13/h2-5,11H,6-7H2,1H3/t11-/m0/s1. The van der Waals surface area contributed by atoms with Gasteiger partial charge in [0.05, 0.1) is 13.2 Å². The molecule has 0 N–H and O–H groups in total. The summed E-state index contributed by atoms with van der Waals surface area (Å²) < 4.78 is 4.67. The molecular weight excluding hydrogens is 204 g/mol. The molecule has 16 heavy (non-hydrogen) atoms. The van der Waals surface area contributed by atoms with Crippen molar-refractivity contribution in [1.82, 2.24) is 4.90 Å². The number of nitrogens with zero attached hydrogens (tertiary/aromatic N) is 2. The minimum absolute atomic E-state index is 0.443. The molecule has 1 aromatic rings. The lowest BCUT2D eigenvalue weighted by molar-refractivity contribution is 0.111. The van der Waals surface area contributed by atoms with Crippen molar-refractivity contribution in [3.63, 3.8) is 0 Å². The maximum absolute atomic E-state index is 11.5. The molecule has 0 saturated carbocycles. The SMILES string of the molecule is COC(=O)N1CCc2ccccc2[C@@H]1C#N. The van der Waals surface area contributed by atoms with Crippen molar-refractivity contribution < 1.29 is 9.53 Å². The van der Waals surface area contributed by atoms with E-state index in [0.717, 1.165) is 17.5 Å². The van der Waals surface area contributed by atoms with Crippen molar-refractivity contribution in [3.05, 3.63) is 35.4 Å². The summed E-state index contributed by atoms with van der Waals surface area (Å²) in [5, 5.41) is 9.15. The molecule has 0 fully saturated rings. The maximum Gasteiger partial charge on any atom is 0.410 e.